The van der Waals surface area contributed by atoms with E-state index in [4.69, 9.17) is 4.84 Å². The highest BCUT2D eigenvalue weighted by atomic mass is 16.7. The first-order valence-corrected chi connectivity index (χ1v) is 5.53. The van der Waals surface area contributed by atoms with Crippen LogP contribution in [0.5, 0.6) is 5.75 Å². The monoisotopic (exact) mass is 240 g/mol. The van der Waals surface area contributed by atoms with Gasteiger partial charge in [-0.25, -0.2) is 0 Å². The summed E-state index contributed by atoms with van der Waals surface area (Å²) in [5.74, 6) is 0.0987. The molecule has 0 fully saturated rings. The molecule has 0 unspecified atom stereocenters. The van der Waals surface area contributed by atoms with Crippen LogP contribution in [0.2, 0.25) is 0 Å². The van der Waals surface area contributed by atoms with E-state index in [0.717, 1.165) is 0 Å². The van der Waals surface area contributed by atoms with E-state index in [2.05, 4.69) is 10.5 Å². The zero-order valence-corrected chi connectivity index (χ0v) is 10.7. The van der Waals surface area contributed by atoms with Crippen molar-refractivity contribution in [1.29, 1.82) is 0 Å². The molecule has 5 nitrogen and oxygen atoms in total. The third-order valence-electron chi connectivity index (χ3n) is 2.23. The predicted octanol–water partition coefficient (Wildman–Crippen LogP) is 1.41. The second-order valence-electron chi connectivity index (χ2n) is 4.89. The van der Waals surface area contributed by atoms with Crippen LogP contribution in [0.15, 0.2) is 6.20 Å². The molecule has 0 amide bonds. The molecule has 0 atom stereocenters. The average molecular weight is 240 g/mol. The largest absolute Gasteiger partial charge is 0.506 e. The van der Waals surface area contributed by atoms with Crippen molar-refractivity contribution in [3.63, 3.8) is 0 Å². The molecule has 0 bridgehead atoms. The van der Waals surface area contributed by atoms with Crippen molar-refractivity contribution in [2.75, 3.05) is 0 Å². The lowest BCUT2D eigenvalue weighted by Gasteiger charge is -2.20. The number of aliphatic hydroxyl groups excluding tert-OH is 1. The van der Waals surface area contributed by atoms with E-state index in [-0.39, 0.29) is 18.0 Å². The molecular formula is C12H20N2O3. The molecule has 0 radical (unpaired) electrons. The van der Waals surface area contributed by atoms with Gasteiger partial charge in [-0.05, 0) is 27.7 Å². The molecule has 3 N–H and O–H groups in total. The third kappa shape index (κ3) is 3.96. The summed E-state index contributed by atoms with van der Waals surface area (Å²) in [7, 11) is 0. The molecule has 0 aliphatic carbocycles. The molecule has 5 heteroatoms. The molecule has 0 aliphatic rings. The minimum absolute atomic E-state index is 0.0987. The van der Waals surface area contributed by atoms with Gasteiger partial charge in [0.15, 0.2) is 0 Å². The SMILES string of the molecule is Cc1ncc(CO)c(CNOC(C)(C)C)c1O. The molecule has 17 heavy (non-hydrogen) atoms. The number of hydrogen-bond acceptors (Lipinski definition) is 5. The molecule has 0 saturated heterocycles. The Balaban J connectivity index is 2.79. The Hall–Kier alpha value is -1.17. The van der Waals surface area contributed by atoms with Crippen LogP contribution in [-0.4, -0.2) is 20.8 Å². The van der Waals surface area contributed by atoms with Gasteiger partial charge in [-0.15, -0.1) is 0 Å². The van der Waals surface area contributed by atoms with Gasteiger partial charge < -0.3 is 10.2 Å². The Bertz CT molecular complexity index is 386. The first-order valence-electron chi connectivity index (χ1n) is 5.53. The minimum Gasteiger partial charge on any atom is -0.506 e. The van der Waals surface area contributed by atoms with Crippen molar-refractivity contribution in [1.82, 2.24) is 10.5 Å². The Morgan fingerprint density at radius 1 is 1.41 bits per heavy atom. The number of aliphatic hydroxyl groups is 1. The summed E-state index contributed by atoms with van der Waals surface area (Å²) >= 11 is 0. The number of aromatic nitrogens is 1. The van der Waals surface area contributed by atoms with Crippen LogP contribution >= 0.6 is 0 Å². The van der Waals surface area contributed by atoms with E-state index >= 15 is 0 Å². The van der Waals surface area contributed by atoms with E-state index in [1.165, 1.54) is 0 Å². The van der Waals surface area contributed by atoms with Crippen molar-refractivity contribution < 1.29 is 15.1 Å². The Kier molecular flexibility index (Phi) is 4.45. The second-order valence-corrected chi connectivity index (χ2v) is 4.89. The first-order chi connectivity index (χ1) is 7.85. The standard InChI is InChI=1S/C12H20N2O3/c1-8-11(16)10(9(7-15)5-13-8)6-14-17-12(2,3)4/h5,14-16H,6-7H2,1-4H3. The number of aromatic hydroxyl groups is 1. The number of nitrogens with zero attached hydrogens (tertiary/aromatic N) is 1. The molecular weight excluding hydrogens is 220 g/mol. The molecule has 1 heterocycles. The smallest absolute Gasteiger partial charge is 0.141 e. The van der Waals surface area contributed by atoms with Gasteiger partial charge in [0.05, 0.1) is 24.4 Å². The van der Waals surface area contributed by atoms with Gasteiger partial charge in [0, 0.05) is 17.3 Å². The fourth-order valence-electron chi connectivity index (χ4n) is 1.34. The highest BCUT2D eigenvalue weighted by Crippen LogP contribution is 2.23. The molecule has 0 aromatic carbocycles. The zero-order chi connectivity index (χ0) is 13.1. The summed E-state index contributed by atoms with van der Waals surface area (Å²) in [5.41, 5.74) is 4.22. The number of hydrogen-bond donors (Lipinski definition) is 3. The van der Waals surface area contributed by atoms with Crippen molar-refractivity contribution in [2.45, 2.75) is 46.4 Å². The average Bonchev–Trinajstić information content (AvgIpc) is 2.23. The first kappa shape index (κ1) is 13.9. The lowest BCUT2D eigenvalue weighted by Crippen LogP contribution is -2.29. The van der Waals surface area contributed by atoms with E-state index in [1.807, 2.05) is 20.8 Å². The van der Waals surface area contributed by atoms with Crippen molar-refractivity contribution in [3.8, 4) is 5.75 Å². The van der Waals surface area contributed by atoms with Crippen LogP contribution < -0.4 is 5.48 Å². The van der Waals surface area contributed by atoms with Crippen molar-refractivity contribution in [3.05, 3.63) is 23.0 Å². The van der Waals surface area contributed by atoms with Crippen LogP contribution in [0, 0.1) is 6.92 Å². The topological polar surface area (TPSA) is 74.6 Å². The van der Waals surface area contributed by atoms with Crippen molar-refractivity contribution >= 4 is 0 Å². The summed E-state index contributed by atoms with van der Waals surface area (Å²) in [6.07, 6.45) is 1.56. The fraction of sp³-hybridized carbons (Fsp3) is 0.583. The number of nitrogens with one attached hydrogen (secondary N) is 1. The normalized spacial score (nSPS) is 11.8. The van der Waals surface area contributed by atoms with Gasteiger partial charge in [-0.1, -0.05) is 0 Å². The van der Waals surface area contributed by atoms with E-state index in [9.17, 15) is 10.2 Å². The maximum absolute atomic E-state index is 9.87. The maximum Gasteiger partial charge on any atom is 0.141 e. The fourth-order valence-corrected chi connectivity index (χ4v) is 1.34. The van der Waals surface area contributed by atoms with Crippen LogP contribution in [0.4, 0.5) is 0 Å². The Labute approximate surface area is 101 Å². The second kappa shape index (κ2) is 5.44. The molecule has 0 aliphatic heterocycles. The highest BCUT2D eigenvalue weighted by Gasteiger charge is 2.14. The minimum atomic E-state index is -0.308. The van der Waals surface area contributed by atoms with Gasteiger partial charge in [0.2, 0.25) is 0 Å². The summed E-state index contributed by atoms with van der Waals surface area (Å²) in [6.45, 7) is 7.64. The molecule has 1 rings (SSSR count). The quantitative estimate of drug-likeness (QED) is 0.694. The summed E-state index contributed by atoms with van der Waals surface area (Å²) in [6, 6.07) is 0. The van der Waals surface area contributed by atoms with Gasteiger partial charge in [-0.3, -0.25) is 9.82 Å². The van der Waals surface area contributed by atoms with Gasteiger partial charge in [-0.2, -0.15) is 5.48 Å². The zero-order valence-electron chi connectivity index (χ0n) is 10.7. The van der Waals surface area contributed by atoms with Gasteiger partial charge >= 0.3 is 0 Å². The van der Waals surface area contributed by atoms with Crippen molar-refractivity contribution in [2.24, 2.45) is 0 Å². The molecule has 0 spiro atoms. The van der Waals surface area contributed by atoms with E-state index < -0.39 is 0 Å². The van der Waals surface area contributed by atoms with Crippen LogP contribution in [0.3, 0.4) is 0 Å². The van der Waals surface area contributed by atoms with Crippen LogP contribution in [-0.2, 0) is 18.0 Å². The molecule has 1 aromatic rings. The Morgan fingerprint density at radius 3 is 2.59 bits per heavy atom. The van der Waals surface area contributed by atoms with E-state index in [1.54, 1.807) is 13.1 Å². The molecule has 96 valence electrons. The lowest BCUT2D eigenvalue weighted by atomic mass is 10.1. The highest BCUT2D eigenvalue weighted by molar-refractivity contribution is 5.40. The maximum atomic E-state index is 9.87. The molecule has 1 aromatic heterocycles. The van der Waals surface area contributed by atoms with Gasteiger partial charge in [0.1, 0.15) is 5.75 Å². The summed E-state index contributed by atoms with van der Waals surface area (Å²) in [5, 5.41) is 19.0. The van der Waals surface area contributed by atoms with Crippen LogP contribution in [0.1, 0.15) is 37.6 Å². The number of rotatable bonds is 4. The molecule has 0 saturated carbocycles. The van der Waals surface area contributed by atoms with E-state index in [0.29, 0.717) is 23.4 Å². The number of pyridine rings is 1. The third-order valence-corrected chi connectivity index (χ3v) is 2.23. The van der Waals surface area contributed by atoms with Crippen LogP contribution in [0.25, 0.3) is 0 Å². The number of hydroxylamine groups is 1. The predicted molar refractivity (Wildman–Crippen MR) is 64.2 cm³/mol. The lowest BCUT2D eigenvalue weighted by molar-refractivity contribution is -0.0760. The Morgan fingerprint density at radius 2 is 2.06 bits per heavy atom. The summed E-state index contributed by atoms with van der Waals surface area (Å²) in [4.78, 5) is 9.35. The number of aryl methyl sites for hydroxylation is 1. The van der Waals surface area contributed by atoms with Gasteiger partial charge in [0.25, 0.3) is 0 Å². The summed E-state index contributed by atoms with van der Waals surface area (Å²) < 4.78 is 0.